The smallest absolute Gasteiger partial charge is 0.252 e. The van der Waals surface area contributed by atoms with Gasteiger partial charge in [-0.15, -0.1) is 0 Å². The molecule has 0 radical (unpaired) electrons. The van der Waals surface area contributed by atoms with Crippen LogP contribution in [-0.4, -0.2) is 47.3 Å². The number of ether oxygens (including phenoxy) is 3. The van der Waals surface area contributed by atoms with Gasteiger partial charge in [0, 0.05) is 35.8 Å². The minimum Gasteiger partial charge on any atom is -0.496 e. The number of nitrogens with two attached hydrogens (primary N) is 1. The molecule has 4 aromatic rings. The zero-order chi connectivity index (χ0) is 26.5. The Morgan fingerprint density at radius 1 is 1.08 bits per heavy atom. The molecule has 9 nitrogen and oxygen atoms in total. The van der Waals surface area contributed by atoms with Crippen molar-refractivity contribution in [2.75, 3.05) is 32.2 Å². The molecule has 0 spiro atoms. The molecule has 37 heavy (non-hydrogen) atoms. The summed E-state index contributed by atoms with van der Waals surface area (Å²) in [6.07, 6.45) is 1.44. The van der Waals surface area contributed by atoms with Crippen LogP contribution in [0.25, 0.3) is 22.2 Å². The summed E-state index contributed by atoms with van der Waals surface area (Å²) in [5.41, 5.74) is 8.42. The molecular weight excluding hydrogens is 477 g/mol. The number of carbonyl (C=O) groups excluding carboxylic acids is 1. The second-order valence-corrected chi connectivity index (χ2v) is 8.21. The number of nitrogens with one attached hydrogen (secondary N) is 1. The van der Waals surface area contributed by atoms with Crippen molar-refractivity contribution in [2.24, 2.45) is 5.73 Å². The van der Waals surface area contributed by atoms with Gasteiger partial charge in [-0.2, -0.15) is 0 Å². The van der Waals surface area contributed by atoms with Crippen LogP contribution >= 0.6 is 0 Å². The number of rotatable bonds is 11. The van der Waals surface area contributed by atoms with Gasteiger partial charge in [0.05, 0.1) is 37.1 Å². The van der Waals surface area contributed by atoms with Crippen molar-refractivity contribution in [1.29, 1.82) is 0 Å². The zero-order valence-electron chi connectivity index (χ0n) is 21.3. The van der Waals surface area contributed by atoms with E-state index in [1.165, 1.54) is 12.4 Å². The van der Waals surface area contributed by atoms with Crippen molar-refractivity contribution in [1.82, 2.24) is 14.5 Å². The van der Waals surface area contributed by atoms with Crippen molar-refractivity contribution in [3.8, 4) is 28.5 Å². The summed E-state index contributed by atoms with van der Waals surface area (Å²) in [4.78, 5) is 20.7. The normalized spacial score (nSPS) is 10.9. The third-order valence-electron chi connectivity index (χ3n) is 5.94. The van der Waals surface area contributed by atoms with Crippen LogP contribution in [0, 0.1) is 12.7 Å². The van der Waals surface area contributed by atoms with Crippen LogP contribution in [0.5, 0.6) is 17.2 Å². The first kappa shape index (κ1) is 25.7. The summed E-state index contributed by atoms with van der Waals surface area (Å²) in [5, 5.41) is 4.02. The number of primary amides is 1. The minimum atomic E-state index is -0.608. The topological polar surface area (TPSA) is 114 Å². The maximum Gasteiger partial charge on any atom is 0.252 e. The SMILES string of the molecule is CCOc1c(C(N)=O)ccc(-c2cc(NCCn3c(C)cc4c(OC)ccc(F)c43)ncn2)c1OCC. The van der Waals surface area contributed by atoms with Gasteiger partial charge in [0.15, 0.2) is 11.5 Å². The molecule has 2 aromatic heterocycles. The van der Waals surface area contributed by atoms with Crippen molar-refractivity contribution in [3.05, 3.63) is 59.8 Å². The van der Waals surface area contributed by atoms with E-state index in [2.05, 4.69) is 15.3 Å². The van der Waals surface area contributed by atoms with E-state index in [0.29, 0.717) is 60.4 Å². The summed E-state index contributed by atoms with van der Waals surface area (Å²) in [5.74, 6) is 0.977. The first-order valence-electron chi connectivity index (χ1n) is 12.0. The fraction of sp³-hybridized carbons (Fsp3) is 0.296. The Kier molecular flexibility index (Phi) is 7.76. The molecule has 1 amide bonds. The number of methoxy groups -OCH3 is 1. The third kappa shape index (κ3) is 5.13. The molecule has 0 aliphatic heterocycles. The van der Waals surface area contributed by atoms with Crippen LogP contribution in [0.2, 0.25) is 0 Å². The highest BCUT2D eigenvalue weighted by molar-refractivity contribution is 5.98. The van der Waals surface area contributed by atoms with Gasteiger partial charge in [0.25, 0.3) is 5.91 Å². The average molecular weight is 508 g/mol. The number of anilines is 1. The van der Waals surface area contributed by atoms with Crippen LogP contribution in [0.3, 0.4) is 0 Å². The van der Waals surface area contributed by atoms with E-state index in [4.69, 9.17) is 19.9 Å². The molecule has 0 bridgehead atoms. The van der Waals surface area contributed by atoms with E-state index in [-0.39, 0.29) is 17.1 Å². The molecule has 0 saturated carbocycles. The lowest BCUT2D eigenvalue weighted by Crippen LogP contribution is -2.14. The molecule has 194 valence electrons. The minimum absolute atomic E-state index is 0.236. The molecule has 0 atom stereocenters. The standard InChI is InChI=1S/C27H30FN5O4/c1-5-36-25-17(7-8-18(27(29)34)26(25)37-6-2)21-14-23(32-15-31-21)30-11-12-33-16(3)13-19-22(35-4)10-9-20(28)24(19)33/h7-10,13-15H,5-6,11-12H2,1-4H3,(H2,29,34)(H,30,31,32). The summed E-state index contributed by atoms with van der Waals surface area (Å²) >= 11 is 0. The summed E-state index contributed by atoms with van der Waals surface area (Å²) in [6.45, 7) is 7.28. The molecule has 3 N–H and O–H groups in total. The fourth-order valence-corrected chi connectivity index (χ4v) is 4.34. The number of fused-ring (bicyclic) bond motifs is 1. The summed E-state index contributed by atoms with van der Waals surface area (Å²) < 4.78 is 33.6. The van der Waals surface area contributed by atoms with E-state index in [1.807, 2.05) is 31.4 Å². The summed E-state index contributed by atoms with van der Waals surface area (Å²) in [6, 6.07) is 10.1. The lowest BCUT2D eigenvalue weighted by Gasteiger charge is -2.17. The number of nitrogens with zero attached hydrogens (tertiary/aromatic N) is 3. The van der Waals surface area contributed by atoms with Crippen molar-refractivity contribution in [3.63, 3.8) is 0 Å². The zero-order valence-corrected chi connectivity index (χ0v) is 21.3. The van der Waals surface area contributed by atoms with E-state index < -0.39 is 5.91 Å². The van der Waals surface area contributed by atoms with Gasteiger partial charge in [-0.25, -0.2) is 14.4 Å². The largest absolute Gasteiger partial charge is 0.496 e. The second kappa shape index (κ2) is 11.2. The van der Waals surface area contributed by atoms with E-state index in [0.717, 1.165) is 11.1 Å². The van der Waals surface area contributed by atoms with Crippen LogP contribution in [0.1, 0.15) is 29.9 Å². The van der Waals surface area contributed by atoms with E-state index in [9.17, 15) is 9.18 Å². The average Bonchev–Trinajstić information content (AvgIpc) is 3.22. The lowest BCUT2D eigenvalue weighted by atomic mass is 10.0. The monoisotopic (exact) mass is 507 g/mol. The maximum atomic E-state index is 14.7. The first-order chi connectivity index (χ1) is 17.9. The second-order valence-electron chi connectivity index (χ2n) is 8.21. The molecule has 0 aliphatic rings. The van der Waals surface area contributed by atoms with Crippen molar-refractivity contribution in [2.45, 2.75) is 27.3 Å². The Morgan fingerprint density at radius 2 is 1.84 bits per heavy atom. The van der Waals surface area contributed by atoms with Gasteiger partial charge < -0.3 is 29.8 Å². The van der Waals surface area contributed by atoms with Gasteiger partial charge in [-0.3, -0.25) is 4.79 Å². The number of aryl methyl sites for hydroxylation is 1. The molecule has 0 fully saturated rings. The molecular formula is C27H30FN5O4. The number of carbonyl (C=O) groups is 1. The van der Waals surface area contributed by atoms with Gasteiger partial charge in [-0.1, -0.05) is 0 Å². The molecule has 0 aliphatic carbocycles. The first-order valence-corrected chi connectivity index (χ1v) is 12.0. The number of halogens is 1. The predicted octanol–water partition coefficient (Wildman–Crippen LogP) is 4.56. The number of amides is 1. The number of hydrogen-bond acceptors (Lipinski definition) is 7. The summed E-state index contributed by atoms with van der Waals surface area (Å²) in [7, 11) is 1.57. The van der Waals surface area contributed by atoms with Gasteiger partial charge in [-0.05, 0) is 51.1 Å². The predicted molar refractivity (Wildman–Crippen MR) is 140 cm³/mol. The van der Waals surface area contributed by atoms with Gasteiger partial charge in [0.2, 0.25) is 0 Å². The molecule has 0 saturated heterocycles. The van der Waals surface area contributed by atoms with Gasteiger partial charge >= 0.3 is 0 Å². The van der Waals surface area contributed by atoms with Crippen LogP contribution < -0.4 is 25.3 Å². The Bertz CT molecular complexity index is 1440. The van der Waals surface area contributed by atoms with E-state index >= 15 is 0 Å². The third-order valence-corrected chi connectivity index (χ3v) is 5.94. The van der Waals surface area contributed by atoms with Crippen LogP contribution in [-0.2, 0) is 6.54 Å². The quantitative estimate of drug-likeness (QED) is 0.306. The number of benzene rings is 2. The Labute approximate surface area is 214 Å². The Morgan fingerprint density at radius 3 is 2.54 bits per heavy atom. The fourth-order valence-electron chi connectivity index (χ4n) is 4.34. The molecule has 2 aromatic carbocycles. The highest BCUT2D eigenvalue weighted by atomic mass is 19.1. The molecule has 2 heterocycles. The Hall–Kier alpha value is -4.34. The molecule has 0 unspecified atom stereocenters. The molecule has 4 rings (SSSR count). The van der Waals surface area contributed by atoms with Gasteiger partial charge in [0.1, 0.15) is 23.7 Å². The van der Waals surface area contributed by atoms with E-state index in [1.54, 1.807) is 31.4 Å². The number of hydrogen-bond donors (Lipinski definition) is 2. The van der Waals surface area contributed by atoms with Crippen LogP contribution in [0.15, 0.2) is 42.7 Å². The highest BCUT2D eigenvalue weighted by Crippen LogP contribution is 2.40. The Balaban J connectivity index is 1.60. The van der Waals surface area contributed by atoms with Crippen LogP contribution in [0.4, 0.5) is 10.2 Å². The molecule has 10 heteroatoms. The maximum absolute atomic E-state index is 14.7. The highest BCUT2D eigenvalue weighted by Gasteiger charge is 2.21. The lowest BCUT2D eigenvalue weighted by molar-refractivity contribution is 0.0995. The van der Waals surface area contributed by atoms with Crippen molar-refractivity contribution >= 4 is 22.6 Å². The number of aromatic nitrogens is 3. The van der Waals surface area contributed by atoms with Crippen molar-refractivity contribution < 1.29 is 23.4 Å².